The molecule has 0 aliphatic carbocycles. The fourth-order valence-corrected chi connectivity index (χ4v) is 2.41. The minimum Gasteiger partial charge on any atom is -0.346 e. The highest BCUT2D eigenvalue weighted by Gasteiger charge is 2.14. The van der Waals surface area contributed by atoms with Crippen LogP contribution in [0.2, 0.25) is 5.02 Å². The summed E-state index contributed by atoms with van der Waals surface area (Å²) < 4.78 is 0. The number of aryl methyl sites for hydroxylation is 1. The minimum atomic E-state index is -0.376. The predicted octanol–water partition coefficient (Wildman–Crippen LogP) is 1.87. The molecule has 0 radical (unpaired) electrons. The maximum Gasteiger partial charge on any atom is 0.270 e. The third-order valence-corrected chi connectivity index (χ3v) is 3.58. The lowest BCUT2D eigenvalue weighted by Crippen LogP contribution is -2.29. The number of aromatic nitrogens is 3. The molecule has 1 amide bonds. The number of nitrogens with one attached hydrogen (secondary N) is 2. The van der Waals surface area contributed by atoms with Crippen LogP contribution in [0.5, 0.6) is 0 Å². The van der Waals surface area contributed by atoms with E-state index in [0.717, 1.165) is 17.7 Å². The molecule has 22 heavy (non-hydrogen) atoms. The molecular weight excluding hydrogens is 304 g/mol. The van der Waals surface area contributed by atoms with E-state index in [4.69, 9.17) is 11.6 Å². The van der Waals surface area contributed by atoms with Gasteiger partial charge in [0.15, 0.2) is 0 Å². The van der Waals surface area contributed by atoms with Crippen LogP contribution in [-0.4, -0.2) is 21.1 Å². The molecule has 2 heterocycles. The summed E-state index contributed by atoms with van der Waals surface area (Å²) in [6.45, 7) is 4.05. The molecule has 0 aromatic carbocycles. The molecule has 0 fully saturated rings. The van der Waals surface area contributed by atoms with Crippen molar-refractivity contribution < 1.29 is 4.79 Å². The van der Waals surface area contributed by atoms with Crippen molar-refractivity contribution in [2.45, 2.75) is 33.2 Å². The van der Waals surface area contributed by atoms with Gasteiger partial charge >= 0.3 is 0 Å². The number of pyridine rings is 1. The Morgan fingerprint density at radius 1 is 1.32 bits per heavy atom. The maximum atomic E-state index is 12.1. The van der Waals surface area contributed by atoms with E-state index >= 15 is 0 Å². The van der Waals surface area contributed by atoms with Gasteiger partial charge in [-0.2, -0.15) is 5.10 Å². The summed E-state index contributed by atoms with van der Waals surface area (Å²) >= 11 is 5.84. The molecule has 0 bridgehead atoms. The Hall–Kier alpha value is -2.21. The van der Waals surface area contributed by atoms with E-state index in [2.05, 4.69) is 20.5 Å². The van der Waals surface area contributed by atoms with Crippen LogP contribution in [0.25, 0.3) is 0 Å². The molecule has 0 unspecified atom stereocenters. The van der Waals surface area contributed by atoms with Gasteiger partial charge in [0.2, 0.25) is 0 Å². The molecule has 2 aromatic heterocycles. The number of carbonyl (C=O) groups is 1. The van der Waals surface area contributed by atoms with Crippen molar-refractivity contribution in [3.63, 3.8) is 0 Å². The number of hydrogen-bond acceptors (Lipinski definition) is 4. The van der Waals surface area contributed by atoms with E-state index in [-0.39, 0.29) is 23.7 Å². The lowest BCUT2D eigenvalue weighted by molar-refractivity contribution is 0.0945. The van der Waals surface area contributed by atoms with Gasteiger partial charge in [0.25, 0.3) is 11.5 Å². The van der Waals surface area contributed by atoms with E-state index < -0.39 is 0 Å². The number of rotatable bonds is 5. The first-order chi connectivity index (χ1) is 10.6. The van der Waals surface area contributed by atoms with Gasteiger partial charge in [-0.05, 0) is 30.5 Å². The highest BCUT2D eigenvalue weighted by molar-refractivity contribution is 6.30. The number of carbonyl (C=O) groups excluding carboxylic acids is 1. The Bertz CT molecular complexity index is 743. The van der Waals surface area contributed by atoms with Gasteiger partial charge in [0.05, 0.1) is 5.69 Å². The Morgan fingerprint density at radius 3 is 2.73 bits per heavy atom. The summed E-state index contributed by atoms with van der Waals surface area (Å²) in [5, 5.41) is 9.65. The predicted molar refractivity (Wildman–Crippen MR) is 84.0 cm³/mol. The zero-order valence-electron chi connectivity index (χ0n) is 12.4. The number of hydrogen-bond donors (Lipinski definition) is 2. The van der Waals surface area contributed by atoms with Crippen molar-refractivity contribution in [1.82, 2.24) is 20.5 Å². The van der Waals surface area contributed by atoms with Crippen molar-refractivity contribution in [2.75, 3.05) is 0 Å². The summed E-state index contributed by atoms with van der Waals surface area (Å²) in [5.41, 5.74) is 2.18. The van der Waals surface area contributed by atoms with Crippen LogP contribution in [0.1, 0.15) is 41.2 Å². The maximum absolute atomic E-state index is 12.1. The fraction of sp³-hybridized carbons (Fsp3) is 0.333. The quantitative estimate of drug-likeness (QED) is 0.880. The first-order valence-corrected chi connectivity index (χ1v) is 7.43. The summed E-state index contributed by atoms with van der Waals surface area (Å²) in [6.07, 6.45) is 2.86. The molecule has 2 N–H and O–H groups in total. The first-order valence-electron chi connectivity index (χ1n) is 7.05. The van der Waals surface area contributed by atoms with E-state index in [1.165, 1.54) is 12.3 Å². The van der Waals surface area contributed by atoms with E-state index in [1.54, 1.807) is 6.07 Å². The first kappa shape index (κ1) is 16.2. The molecule has 0 aliphatic rings. The second-order valence-corrected chi connectivity index (χ2v) is 5.14. The lowest BCUT2D eigenvalue weighted by Gasteiger charge is -2.11. The molecule has 2 aromatic rings. The summed E-state index contributed by atoms with van der Waals surface area (Å²) in [5.74, 6) is -0.376. The number of aromatic amines is 1. The average Bonchev–Trinajstić information content (AvgIpc) is 2.53. The normalized spacial score (nSPS) is 10.5. The largest absolute Gasteiger partial charge is 0.346 e. The Kier molecular flexibility index (Phi) is 5.27. The number of amides is 1. The fourth-order valence-electron chi connectivity index (χ4n) is 2.25. The Balaban J connectivity index is 2.21. The van der Waals surface area contributed by atoms with Crippen LogP contribution in [0, 0.1) is 0 Å². The Morgan fingerprint density at radius 2 is 2.09 bits per heavy atom. The van der Waals surface area contributed by atoms with Gasteiger partial charge in [-0.1, -0.05) is 25.4 Å². The molecule has 0 atom stereocenters. The van der Waals surface area contributed by atoms with Crippen LogP contribution in [0.15, 0.2) is 23.1 Å². The zero-order chi connectivity index (χ0) is 16.1. The summed E-state index contributed by atoms with van der Waals surface area (Å²) in [7, 11) is 0. The van der Waals surface area contributed by atoms with Gasteiger partial charge in [-0.25, -0.2) is 5.10 Å². The molecule has 0 saturated heterocycles. The molecule has 7 heteroatoms. The van der Waals surface area contributed by atoms with Gasteiger partial charge < -0.3 is 5.32 Å². The van der Waals surface area contributed by atoms with Gasteiger partial charge in [0.1, 0.15) is 5.69 Å². The number of H-pyrrole nitrogens is 1. The van der Waals surface area contributed by atoms with E-state index in [9.17, 15) is 9.59 Å². The minimum absolute atomic E-state index is 0.126. The summed E-state index contributed by atoms with van der Waals surface area (Å²) in [6, 6.07) is 3.07. The van der Waals surface area contributed by atoms with Crippen LogP contribution in [0.4, 0.5) is 0 Å². The van der Waals surface area contributed by atoms with Gasteiger partial charge in [-0.3, -0.25) is 14.6 Å². The Labute approximate surface area is 132 Å². The molecule has 6 nitrogen and oxygen atoms in total. The highest BCUT2D eigenvalue weighted by atomic mass is 35.5. The second kappa shape index (κ2) is 7.17. The zero-order valence-corrected chi connectivity index (χ0v) is 13.2. The van der Waals surface area contributed by atoms with Crippen molar-refractivity contribution >= 4 is 17.5 Å². The standard InChI is InChI=1S/C15H17ClN4O2/c1-3-10-11(14(21)20-19-12(10)4-2)8-18-15(22)13-7-9(16)5-6-17-13/h5-7H,3-4,8H2,1-2H3,(H,18,22)(H,20,21). The number of nitrogens with zero attached hydrogens (tertiary/aromatic N) is 2. The van der Waals surface area contributed by atoms with Crippen LogP contribution >= 0.6 is 11.6 Å². The molecule has 0 spiro atoms. The van der Waals surface area contributed by atoms with Gasteiger partial charge in [-0.15, -0.1) is 0 Å². The van der Waals surface area contributed by atoms with Crippen LogP contribution in [0.3, 0.4) is 0 Å². The molecule has 0 aliphatic heterocycles. The highest BCUT2D eigenvalue weighted by Crippen LogP contribution is 2.11. The monoisotopic (exact) mass is 320 g/mol. The second-order valence-electron chi connectivity index (χ2n) is 4.71. The average molecular weight is 321 g/mol. The van der Waals surface area contributed by atoms with Crippen molar-refractivity contribution in [1.29, 1.82) is 0 Å². The van der Waals surface area contributed by atoms with Gasteiger partial charge in [0, 0.05) is 23.3 Å². The van der Waals surface area contributed by atoms with Crippen molar-refractivity contribution in [3.8, 4) is 0 Å². The van der Waals surface area contributed by atoms with Crippen molar-refractivity contribution in [2.24, 2.45) is 0 Å². The molecule has 2 rings (SSSR count). The smallest absolute Gasteiger partial charge is 0.270 e. The van der Waals surface area contributed by atoms with Crippen LogP contribution in [-0.2, 0) is 19.4 Å². The number of halogens is 1. The van der Waals surface area contributed by atoms with E-state index in [0.29, 0.717) is 17.0 Å². The van der Waals surface area contributed by atoms with E-state index in [1.807, 2.05) is 13.8 Å². The van der Waals surface area contributed by atoms with Crippen molar-refractivity contribution in [3.05, 3.63) is 56.2 Å². The molecular formula is C15H17ClN4O2. The third kappa shape index (κ3) is 3.51. The third-order valence-electron chi connectivity index (χ3n) is 3.35. The topological polar surface area (TPSA) is 87.7 Å². The van der Waals surface area contributed by atoms with Crippen LogP contribution < -0.4 is 10.9 Å². The molecule has 0 saturated carbocycles. The SMILES string of the molecule is CCc1n[nH]c(=O)c(CNC(=O)c2cc(Cl)ccn2)c1CC. The lowest BCUT2D eigenvalue weighted by atomic mass is 10.0. The summed E-state index contributed by atoms with van der Waals surface area (Å²) in [4.78, 5) is 28.0. The molecule has 116 valence electrons.